The number of aryl methyl sites for hydroxylation is 1. The van der Waals surface area contributed by atoms with Crippen molar-refractivity contribution in [2.45, 2.75) is 26.8 Å². The monoisotopic (exact) mass is 155 g/mol. The van der Waals surface area contributed by atoms with E-state index in [9.17, 15) is 0 Å². The van der Waals surface area contributed by atoms with Crippen molar-refractivity contribution in [2.24, 2.45) is 5.73 Å². The standard InChI is InChI=1S/C8H13NS/c1-5-7(3)10-4-8(5)6(2)9/h4,6H,9H2,1-3H3. The second-order valence-corrected chi connectivity index (χ2v) is 3.74. The normalized spacial score (nSPS) is 13.6. The van der Waals surface area contributed by atoms with Crippen LogP contribution in [0.15, 0.2) is 5.38 Å². The molecule has 0 aliphatic heterocycles. The molecule has 0 saturated carbocycles. The van der Waals surface area contributed by atoms with E-state index in [2.05, 4.69) is 19.2 Å². The number of nitrogens with two attached hydrogens (primary N) is 1. The molecule has 0 fully saturated rings. The molecular weight excluding hydrogens is 142 g/mol. The summed E-state index contributed by atoms with van der Waals surface area (Å²) in [5, 5.41) is 2.15. The van der Waals surface area contributed by atoms with Crippen LogP contribution < -0.4 is 5.73 Å². The quantitative estimate of drug-likeness (QED) is 0.662. The fourth-order valence-corrected chi connectivity index (χ4v) is 1.97. The van der Waals surface area contributed by atoms with Crippen LogP contribution in [0.4, 0.5) is 0 Å². The summed E-state index contributed by atoms with van der Waals surface area (Å²) >= 11 is 1.78. The largest absolute Gasteiger partial charge is 0.324 e. The lowest BCUT2D eigenvalue weighted by molar-refractivity contribution is 0.814. The third-order valence-electron chi connectivity index (χ3n) is 1.81. The van der Waals surface area contributed by atoms with E-state index in [0.717, 1.165) is 0 Å². The fourth-order valence-electron chi connectivity index (χ4n) is 0.981. The molecule has 0 bridgehead atoms. The fraction of sp³-hybridized carbons (Fsp3) is 0.500. The van der Waals surface area contributed by atoms with Gasteiger partial charge in [0.25, 0.3) is 0 Å². The number of rotatable bonds is 1. The molecular formula is C8H13NS. The molecule has 0 radical (unpaired) electrons. The lowest BCUT2D eigenvalue weighted by Crippen LogP contribution is -2.04. The molecule has 1 atom stereocenters. The van der Waals surface area contributed by atoms with E-state index in [-0.39, 0.29) is 6.04 Å². The van der Waals surface area contributed by atoms with Gasteiger partial charge >= 0.3 is 0 Å². The predicted molar refractivity (Wildman–Crippen MR) is 46.4 cm³/mol. The Morgan fingerprint density at radius 2 is 2.10 bits per heavy atom. The Kier molecular flexibility index (Phi) is 2.11. The van der Waals surface area contributed by atoms with Gasteiger partial charge in [0, 0.05) is 10.9 Å². The van der Waals surface area contributed by atoms with Gasteiger partial charge in [-0.2, -0.15) is 0 Å². The smallest absolute Gasteiger partial charge is 0.0277 e. The molecule has 2 heteroatoms. The van der Waals surface area contributed by atoms with Crippen molar-refractivity contribution in [3.05, 3.63) is 21.4 Å². The van der Waals surface area contributed by atoms with E-state index in [0.29, 0.717) is 0 Å². The van der Waals surface area contributed by atoms with Crippen LogP contribution in [-0.4, -0.2) is 0 Å². The highest BCUT2D eigenvalue weighted by atomic mass is 32.1. The Hall–Kier alpha value is -0.340. The number of hydrogen-bond donors (Lipinski definition) is 1. The van der Waals surface area contributed by atoms with Crippen molar-refractivity contribution >= 4 is 11.3 Å². The van der Waals surface area contributed by atoms with Crippen molar-refractivity contribution in [3.8, 4) is 0 Å². The predicted octanol–water partition coefficient (Wildman–Crippen LogP) is 2.38. The summed E-state index contributed by atoms with van der Waals surface area (Å²) in [6, 6.07) is 0.185. The average molecular weight is 155 g/mol. The van der Waals surface area contributed by atoms with Gasteiger partial charge < -0.3 is 5.73 Å². The molecule has 1 aromatic heterocycles. The summed E-state index contributed by atoms with van der Waals surface area (Å²) in [6.45, 7) is 6.28. The lowest BCUT2D eigenvalue weighted by Gasteiger charge is -2.02. The maximum Gasteiger partial charge on any atom is 0.0277 e. The lowest BCUT2D eigenvalue weighted by atomic mass is 10.1. The van der Waals surface area contributed by atoms with E-state index >= 15 is 0 Å². The van der Waals surface area contributed by atoms with Gasteiger partial charge in [-0.3, -0.25) is 0 Å². The molecule has 56 valence electrons. The van der Waals surface area contributed by atoms with Crippen molar-refractivity contribution in [2.75, 3.05) is 0 Å². The highest BCUT2D eigenvalue weighted by molar-refractivity contribution is 7.10. The number of hydrogen-bond acceptors (Lipinski definition) is 2. The van der Waals surface area contributed by atoms with Gasteiger partial charge in [0.05, 0.1) is 0 Å². The first-order valence-corrected chi connectivity index (χ1v) is 4.31. The molecule has 1 unspecified atom stereocenters. The summed E-state index contributed by atoms with van der Waals surface area (Å²) < 4.78 is 0. The second-order valence-electron chi connectivity index (χ2n) is 2.66. The molecule has 0 amide bonds. The van der Waals surface area contributed by atoms with Crippen LogP contribution in [-0.2, 0) is 0 Å². The van der Waals surface area contributed by atoms with Gasteiger partial charge in [0.1, 0.15) is 0 Å². The van der Waals surface area contributed by atoms with Crippen molar-refractivity contribution in [1.29, 1.82) is 0 Å². The van der Waals surface area contributed by atoms with Crippen molar-refractivity contribution < 1.29 is 0 Å². The Labute approximate surface area is 65.9 Å². The first kappa shape index (κ1) is 7.76. The van der Waals surface area contributed by atoms with E-state index in [4.69, 9.17) is 5.73 Å². The van der Waals surface area contributed by atoms with Gasteiger partial charge in [-0.25, -0.2) is 0 Å². The Morgan fingerprint density at radius 3 is 2.30 bits per heavy atom. The molecule has 0 spiro atoms. The van der Waals surface area contributed by atoms with Crippen LogP contribution in [0.2, 0.25) is 0 Å². The van der Waals surface area contributed by atoms with Gasteiger partial charge in [-0.05, 0) is 37.3 Å². The maximum absolute atomic E-state index is 5.73. The van der Waals surface area contributed by atoms with E-state index < -0.39 is 0 Å². The molecule has 0 aliphatic rings. The molecule has 0 aliphatic carbocycles. The maximum atomic E-state index is 5.73. The first-order valence-electron chi connectivity index (χ1n) is 3.43. The Morgan fingerprint density at radius 1 is 1.50 bits per heavy atom. The highest BCUT2D eigenvalue weighted by Gasteiger charge is 2.06. The van der Waals surface area contributed by atoms with Crippen LogP contribution in [0, 0.1) is 13.8 Å². The third-order valence-corrected chi connectivity index (χ3v) is 2.85. The minimum absolute atomic E-state index is 0.185. The Balaban J connectivity index is 3.05. The molecule has 1 heterocycles. The second kappa shape index (κ2) is 2.72. The van der Waals surface area contributed by atoms with Crippen LogP contribution >= 0.6 is 11.3 Å². The molecule has 10 heavy (non-hydrogen) atoms. The van der Waals surface area contributed by atoms with Crippen molar-refractivity contribution in [1.82, 2.24) is 0 Å². The zero-order valence-electron chi connectivity index (χ0n) is 6.64. The molecule has 1 aromatic rings. The van der Waals surface area contributed by atoms with E-state index in [1.54, 1.807) is 11.3 Å². The third kappa shape index (κ3) is 1.22. The minimum atomic E-state index is 0.185. The molecule has 2 N–H and O–H groups in total. The first-order chi connectivity index (χ1) is 4.63. The van der Waals surface area contributed by atoms with Crippen LogP contribution in [0.1, 0.15) is 29.0 Å². The highest BCUT2D eigenvalue weighted by Crippen LogP contribution is 2.24. The Bertz CT molecular complexity index is 225. The van der Waals surface area contributed by atoms with Gasteiger partial charge in [-0.15, -0.1) is 11.3 Å². The van der Waals surface area contributed by atoms with Crippen LogP contribution in [0.3, 0.4) is 0 Å². The van der Waals surface area contributed by atoms with E-state index in [1.165, 1.54) is 16.0 Å². The van der Waals surface area contributed by atoms with Crippen molar-refractivity contribution in [3.63, 3.8) is 0 Å². The summed E-state index contributed by atoms with van der Waals surface area (Å²) in [4.78, 5) is 1.38. The summed E-state index contributed by atoms with van der Waals surface area (Å²) in [7, 11) is 0. The van der Waals surface area contributed by atoms with Crippen LogP contribution in [0.25, 0.3) is 0 Å². The SMILES string of the molecule is Cc1scc(C(C)N)c1C. The minimum Gasteiger partial charge on any atom is -0.324 e. The zero-order valence-corrected chi connectivity index (χ0v) is 7.46. The average Bonchev–Trinajstić information content (AvgIpc) is 2.14. The van der Waals surface area contributed by atoms with Crippen LogP contribution in [0.5, 0.6) is 0 Å². The molecule has 0 aromatic carbocycles. The van der Waals surface area contributed by atoms with Gasteiger partial charge in [0.15, 0.2) is 0 Å². The summed E-state index contributed by atoms with van der Waals surface area (Å²) in [5.41, 5.74) is 8.39. The van der Waals surface area contributed by atoms with Gasteiger partial charge in [-0.1, -0.05) is 0 Å². The number of thiophene rings is 1. The topological polar surface area (TPSA) is 26.0 Å². The molecule has 1 nitrogen and oxygen atoms in total. The summed E-state index contributed by atoms with van der Waals surface area (Å²) in [5.74, 6) is 0. The van der Waals surface area contributed by atoms with E-state index in [1.807, 2.05) is 6.92 Å². The molecule has 1 rings (SSSR count). The summed E-state index contributed by atoms with van der Waals surface area (Å²) in [6.07, 6.45) is 0. The van der Waals surface area contributed by atoms with Gasteiger partial charge in [0.2, 0.25) is 0 Å². The molecule has 0 saturated heterocycles. The zero-order chi connectivity index (χ0) is 7.72.